The summed E-state index contributed by atoms with van der Waals surface area (Å²) >= 11 is 4.02. The molecule has 544 valence electrons. The quantitative estimate of drug-likeness (QED) is 0.0372. The minimum atomic E-state index is -1.02. The molecule has 1 aliphatic carbocycles. The average Bonchev–Trinajstić information content (AvgIpc) is 1.31. The number of benzene rings is 2. The molecule has 1 saturated carbocycles. The molecule has 2 aromatic carbocycles. The SMILES string of the molecule is CC[C@H](C)[C@@H]([C@@H](CC(=O)N1CCC[C@H]1[C@H](OC)[C@@H](C)C(=O)N[C@H](CN)Cc1ccc(NC(=O)CNC(=O)[C@H](C)NC(=O)CNC(=O)CCOCCOCCNC(=O)c2ccc3nc4c(nc3c2)CSC2CCCCCC(C2)SC4)cc1)OC)N(C)C(=O)CNC(=O)C(C(C)C)N(C)C. The number of rotatable bonds is 37. The Balaban J connectivity index is 0.827. The van der Waals surface area contributed by atoms with Crippen molar-refractivity contribution in [1.29, 1.82) is 0 Å². The highest BCUT2D eigenvalue weighted by Gasteiger charge is 2.42. The van der Waals surface area contributed by atoms with Gasteiger partial charge in [0.25, 0.3) is 5.91 Å². The summed E-state index contributed by atoms with van der Waals surface area (Å²) < 4.78 is 23.1. The topological polar surface area (TPSA) is 336 Å². The summed E-state index contributed by atoms with van der Waals surface area (Å²) in [4.78, 5) is 134. The fourth-order valence-electron chi connectivity index (χ4n) is 13.0. The molecule has 1 aromatic heterocycles. The fraction of sp³-hybridized carbons (Fsp3) is 0.671. The Hall–Kier alpha value is -6.53. The van der Waals surface area contributed by atoms with Crippen molar-refractivity contribution in [1.82, 2.24) is 56.6 Å². The first-order valence-electron chi connectivity index (χ1n) is 34.7. The molecule has 3 unspecified atom stereocenters. The van der Waals surface area contributed by atoms with Crippen LogP contribution in [0.1, 0.15) is 139 Å². The van der Waals surface area contributed by atoms with Crippen molar-refractivity contribution in [3.05, 3.63) is 65.0 Å². The zero-order valence-electron chi connectivity index (χ0n) is 59.4. The van der Waals surface area contributed by atoms with Crippen LogP contribution in [0.2, 0.25) is 0 Å². The van der Waals surface area contributed by atoms with Gasteiger partial charge < -0.3 is 71.7 Å². The summed E-state index contributed by atoms with van der Waals surface area (Å²) in [6.07, 6.45) is 8.72. The number of hydrogen-bond acceptors (Lipinski definition) is 19. The smallest absolute Gasteiger partial charge is 0.251 e. The Morgan fingerprint density at radius 1 is 0.694 bits per heavy atom. The Labute approximate surface area is 587 Å². The van der Waals surface area contributed by atoms with Crippen LogP contribution in [0.3, 0.4) is 0 Å². The Morgan fingerprint density at radius 3 is 1.98 bits per heavy atom. The molecule has 0 spiro atoms. The first-order valence-corrected chi connectivity index (χ1v) is 36.8. The molecule has 6 rings (SSSR count). The molecule has 2 aliphatic heterocycles. The number of fused-ring (bicyclic) bond motifs is 4. The predicted molar refractivity (Wildman–Crippen MR) is 381 cm³/mol. The van der Waals surface area contributed by atoms with Crippen LogP contribution in [0.5, 0.6) is 0 Å². The Kier molecular flexibility index (Phi) is 33.9. The number of nitrogens with two attached hydrogens (primary N) is 1. The van der Waals surface area contributed by atoms with Crippen molar-refractivity contribution in [2.24, 2.45) is 23.5 Å². The molecule has 3 heterocycles. The second-order valence-electron chi connectivity index (χ2n) is 26.5. The van der Waals surface area contributed by atoms with E-state index in [9.17, 15) is 43.2 Å². The lowest BCUT2D eigenvalue weighted by Crippen LogP contribution is -2.55. The molecule has 26 nitrogen and oxygen atoms in total. The van der Waals surface area contributed by atoms with Gasteiger partial charge in [-0.1, -0.05) is 72.4 Å². The monoisotopic (exact) mass is 1400 g/mol. The van der Waals surface area contributed by atoms with Crippen LogP contribution in [-0.2, 0) is 75.2 Å². The maximum absolute atomic E-state index is 14.3. The number of amides is 9. The van der Waals surface area contributed by atoms with Crippen LogP contribution >= 0.6 is 23.5 Å². The summed E-state index contributed by atoms with van der Waals surface area (Å²) in [6, 6.07) is 9.61. The van der Waals surface area contributed by atoms with E-state index < -0.39 is 72.0 Å². The van der Waals surface area contributed by atoms with E-state index in [-0.39, 0.29) is 113 Å². The van der Waals surface area contributed by atoms with Crippen molar-refractivity contribution in [2.45, 2.75) is 183 Å². The second kappa shape index (κ2) is 41.3. The van der Waals surface area contributed by atoms with E-state index in [0.29, 0.717) is 59.5 Å². The molecule has 2 bridgehead atoms. The summed E-state index contributed by atoms with van der Waals surface area (Å²) in [6.45, 7) is 11.8. The molecule has 9 N–H and O–H groups in total. The maximum atomic E-state index is 14.3. The van der Waals surface area contributed by atoms with Crippen LogP contribution in [0, 0.1) is 17.8 Å². The molecular weight excluding hydrogens is 1290 g/mol. The highest BCUT2D eigenvalue weighted by Crippen LogP contribution is 2.38. The number of carbonyl (C=O) groups is 9. The van der Waals surface area contributed by atoms with Crippen molar-refractivity contribution < 1.29 is 62.1 Å². The maximum Gasteiger partial charge on any atom is 0.251 e. The zero-order valence-corrected chi connectivity index (χ0v) is 61.0. The zero-order chi connectivity index (χ0) is 71.4. The highest BCUT2D eigenvalue weighted by atomic mass is 32.2. The lowest BCUT2D eigenvalue weighted by atomic mass is 9.90. The minimum absolute atomic E-state index is 0.0163. The number of thioether (sulfide) groups is 2. The first-order chi connectivity index (χ1) is 46.9. The molecule has 2 fully saturated rings. The van der Waals surface area contributed by atoms with Gasteiger partial charge in [-0.2, -0.15) is 23.5 Å². The average molecular weight is 1400 g/mol. The summed E-state index contributed by atoms with van der Waals surface area (Å²) in [5.41, 5.74) is 11.5. The molecular formula is C70H109N13O13S2. The van der Waals surface area contributed by atoms with Gasteiger partial charge in [0.1, 0.15) is 6.04 Å². The molecule has 28 heteroatoms. The number of methoxy groups -OCH3 is 2. The fourth-order valence-corrected chi connectivity index (χ4v) is 15.8. The molecule has 3 aliphatic rings. The number of ether oxygens (including phenoxy) is 4. The highest BCUT2D eigenvalue weighted by molar-refractivity contribution is 8.00. The second-order valence-corrected chi connectivity index (χ2v) is 29.1. The number of nitrogens with zero attached hydrogens (tertiary/aromatic N) is 5. The number of nitrogens with one attached hydrogen (secondary N) is 7. The van der Waals surface area contributed by atoms with Crippen LogP contribution < -0.4 is 43.0 Å². The molecule has 9 amide bonds. The van der Waals surface area contributed by atoms with E-state index in [1.807, 2.05) is 76.3 Å². The van der Waals surface area contributed by atoms with E-state index in [0.717, 1.165) is 34.0 Å². The van der Waals surface area contributed by atoms with Gasteiger partial charge in [0.2, 0.25) is 47.3 Å². The van der Waals surface area contributed by atoms with Gasteiger partial charge in [-0.15, -0.1) is 0 Å². The van der Waals surface area contributed by atoms with Crippen molar-refractivity contribution in [3.8, 4) is 0 Å². The number of aromatic nitrogens is 2. The molecule has 1 saturated heterocycles. The first kappa shape index (κ1) is 80.4. The van der Waals surface area contributed by atoms with E-state index in [1.165, 1.54) is 59.7 Å². The summed E-state index contributed by atoms with van der Waals surface area (Å²) in [7, 11) is 8.38. The van der Waals surface area contributed by atoms with Crippen molar-refractivity contribution in [2.75, 3.05) is 106 Å². The summed E-state index contributed by atoms with van der Waals surface area (Å²) in [5.74, 6) is -2.44. The van der Waals surface area contributed by atoms with Gasteiger partial charge >= 0.3 is 0 Å². The third-order valence-electron chi connectivity index (χ3n) is 18.6. The number of likely N-dealkylation sites (N-methyl/N-ethyl adjacent to an activating group) is 2. The number of carbonyl (C=O) groups excluding carboxylic acids is 9. The van der Waals surface area contributed by atoms with E-state index in [1.54, 1.807) is 60.2 Å². The number of anilines is 1. The van der Waals surface area contributed by atoms with Crippen LogP contribution in [0.4, 0.5) is 5.69 Å². The van der Waals surface area contributed by atoms with Gasteiger partial charge in [0.05, 0.1) is 111 Å². The summed E-state index contributed by atoms with van der Waals surface area (Å²) in [5, 5.41) is 20.3. The van der Waals surface area contributed by atoms with Crippen molar-refractivity contribution in [3.63, 3.8) is 0 Å². The lowest BCUT2D eigenvalue weighted by Gasteiger charge is -2.39. The standard InChI is InChI=1S/C70H109N13O13S2/c1-12-44(4)65(82(9)63(88)40-75-70(92)64(43(2)3)81(7)8)58(93-10)36-62(87)83-28-16-19-57(83)66(94-11)45(5)67(89)78-50(37-71)33-47-20-23-49(24-21-47)77-61(86)39-74-68(90)46(6)76-60(85)38-73-59(84)26-29-95-31-32-96-30-27-72-69(91)48-22-25-53-54(34-48)80-56-42-98-52-18-15-13-14-17-51(35-52)97-41-55(56)79-53/h20-25,34,43-46,50-52,57-58,64-66H,12-19,26-33,35-42,71H2,1-11H3,(H,72,91)(H,73,84)(H,74,90)(H,75,92)(H,76,85)(H,77,86)(H,78,89)/t44-,45+,46-,50-,51?,52?,57-,58+,64?,65-,66+/m0/s1. The van der Waals surface area contributed by atoms with Crippen LogP contribution in [0.15, 0.2) is 42.5 Å². The van der Waals surface area contributed by atoms with E-state index in [2.05, 4.69) is 37.2 Å². The Bertz CT molecular complexity index is 3100. The van der Waals surface area contributed by atoms with E-state index >= 15 is 0 Å². The van der Waals surface area contributed by atoms with Gasteiger partial charge in [-0.3, -0.25) is 48.1 Å². The Morgan fingerprint density at radius 2 is 1.35 bits per heavy atom. The van der Waals surface area contributed by atoms with Gasteiger partial charge in [0.15, 0.2) is 0 Å². The van der Waals surface area contributed by atoms with Crippen LogP contribution in [0.25, 0.3) is 11.0 Å². The molecule has 3 aromatic rings. The largest absolute Gasteiger partial charge is 0.379 e. The molecule has 98 heavy (non-hydrogen) atoms. The van der Waals surface area contributed by atoms with E-state index in [4.69, 9.17) is 34.6 Å². The third-order valence-corrected chi connectivity index (χ3v) is 21.3. The van der Waals surface area contributed by atoms with Crippen molar-refractivity contribution >= 4 is 93.4 Å². The molecule has 11 atom stereocenters. The number of hydrogen-bond donors (Lipinski definition) is 8. The third kappa shape index (κ3) is 25.0. The van der Waals surface area contributed by atoms with Crippen LogP contribution in [-0.4, -0.2) is 232 Å². The van der Waals surface area contributed by atoms with Gasteiger partial charge in [0, 0.05) is 86.6 Å². The van der Waals surface area contributed by atoms with Gasteiger partial charge in [-0.25, -0.2) is 9.97 Å². The number of likely N-dealkylation sites (tertiary alicyclic amines) is 1. The minimum Gasteiger partial charge on any atom is -0.379 e. The van der Waals surface area contributed by atoms with Gasteiger partial charge in [-0.05, 0) is 107 Å². The lowest BCUT2D eigenvalue weighted by molar-refractivity contribution is -0.146. The molecule has 0 radical (unpaired) electrons. The normalized spacial score (nSPS) is 18.9. The predicted octanol–water partition coefficient (Wildman–Crippen LogP) is 4.34.